The van der Waals surface area contributed by atoms with Crippen LogP contribution < -0.4 is 5.73 Å². The quantitative estimate of drug-likeness (QED) is 0.673. The van der Waals surface area contributed by atoms with Crippen molar-refractivity contribution in [2.24, 2.45) is 0 Å². The van der Waals surface area contributed by atoms with Crippen LogP contribution in [0.1, 0.15) is 23.0 Å². The van der Waals surface area contributed by atoms with Gasteiger partial charge in [0.15, 0.2) is 5.82 Å². The Hall–Kier alpha value is -2.09. The summed E-state index contributed by atoms with van der Waals surface area (Å²) in [5.74, 6) is 0.248. The Bertz CT molecular complexity index is 641. The third kappa shape index (κ3) is 2.60. The van der Waals surface area contributed by atoms with Crippen LogP contribution in [-0.4, -0.2) is 38.6 Å². The first-order valence-electron chi connectivity index (χ1n) is 5.97. The molecule has 0 fully saturated rings. The maximum Gasteiger partial charge on any atom is 0.344 e. The first-order valence-corrected chi connectivity index (χ1v) is 7.19. The Morgan fingerprint density at radius 2 is 2.25 bits per heavy atom. The van der Waals surface area contributed by atoms with Crippen LogP contribution in [0.3, 0.4) is 0 Å². The molecule has 0 unspecified atom stereocenters. The van der Waals surface area contributed by atoms with Crippen molar-refractivity contribution in [2.75, 3.05) is 18.6 Å². The van der Waals surface area contributed by atoms with Crippen molar-refractivity contribution in [2.45, 2.75) is 18.9 Å². The molecule has 0 aliphatic rings. The maximum absolute atomic E-state index is 12.0. The molecule has 0 amide bonds. The zero-order valence-corrected chi connectivity index (χ0v) is 12.3. The molecule has 0 atom stereocenters. The number of nitrogens with two attached hydrogens (primary N) is 1. The molecule has 2 rings (SSSR count). The number of carbonyl (C=O) groups is 1. The van der Waals surface area contributed by atoms with E-state index < -0.39 is 5.97 Å². The molecule has 8 heteroatoms. The second-order valence-corrected chi connectivity index (χ2v) is 4.71. The number of thioether (sulfide) groups is 1. The monoisotopic (exact) mass is 293 g/mol. The standard InChI is InChI=1S/C12H15N5O2S/c1-4-19-12(18)9-10(13)17(16-11(9)20-3)8-5-7(2)14-6-15-8/h5-6H,4,13H2,1-3H3. The summed E-state index contributed by atoms with van der Waals surface area (Å²) in [4.78, 5) is 20.1. The lowest BCUT2D eigenvalue weighted by atomic mass is 10.3. The molecule has 0 radical (unpaired) electrons. The van der Waals surface area contributed by atoms with Gasteiger partial charge in [-0.15, -0.1) is 11.8 Å². The lowest BCUT2D eigenvalue weighted by Crippen LogP contribution is -2.10. The first kappa shape index (κ1) is 14.3. The molecular weight excluding hydrogens is 278 g/mol. The van der Waals surface area contributed by atoms with Crippen molar-refractivity contribution in [1.29, 1.82) is 0 Å². The fourth-order valence-corrected chi connectivity index (χ4v) is 2.23. The molecule has 0 saturated heterocycles. The van der Waals surface area contributed by atoms with Crippen LogP contribution in [0, 0.1) is 6.92 Å². The van der Waals surface area contributed by atoms with Crippen molar-refractivity contribution in [3.63, 3.8) is 0 Å². The summed E-state index contributed by atoms with van der Waals surface area (Å²) < 4.78 is 6.43. The minimum atomic E-state index is -0.480. The van der Waals surface area contributed by atoms with E-state index in [4.69, 9.17) is 10.5 Å². The van der Waals surface area contributed by atoms with Gasteiger partial charge in [0.1, 0.15) is 22.7 Å². The van der Waals surface area contributed by atoms with Gasteiger partial charge in [0.05, 0.1) is 6.61 Å². The van der Waals surface area contributed by atoms with E-state index in [0.717, 1.165) is 5.69 Å². The summed E-state index contributed by atoms with van der Waals surface area (Å²) in [6, 6.07) is 1.74. The Kier molecular flexibility index (Phi) is 4.23. The van der Waals surface area contributed by atoms with Crippen LogP contribution >= 0.6 is 11.8 Å². The minimum Gasteiger partial charge on any atom is -0.462 e. The number of aryl methyl sites for hydroxylation is 1. The van der Waals surface area contributed by atoms with Gasteiger partial charge in [0, 0.05) is 11.8 Å². The Morgan fingerprint density at radius 1 is 1.50 bits per heavy atom. The number of ether oxygens (including phenoxy) is 1. The van der Waals surface area contributed by atoms with Gasteiger partial charge >= 0.3 is 5.97 Å². The zero-order chi connectivity index (χ0) is 14.7. The molecule has 0 bridgehead atoms. The van der Waals surface area contributed by atoms with E-state index in [1.807, 2.05) is 13.2 Å². The number of rotatable bonds is 4. The van der Waals surface area contributed by atoms with Gasteiger partial charge in [-0.3, -0.25) is 0 Å². The van der Waals surface area contributed by atoms with Crippen LogP contribution in [0.5, 0.6) is 0 Å². The molecule has 0 aromatic carbocycles. The van der Waals surface area contributed by atoms with E-state index in [0.29, 0.717) is 10.8 Å². The van der Waals surface area contributed by atoms with Gasteiger partial charge in [-0.1, -0.05) is 0 Å². The highest BCUT2D eigenvalue weighted by Gasteiger charge is 2.24. The van der Waals surface area contributed by atoms with Crippen molar-refractivity contribution in [3.8, 4) is 5.82 Å². The molecule has 2 heterocycles. The predicted octanol–water partition coefficient (Wildman–Crippen LogP) is 1.45. The molecule has 2 N–H and O–H groups in total. The van der Waals surface area contributed by atoms with Crippen LogP contribution in [-0.2, 0) is 4.74 Å². The number of nitrogen functional groups attached to an aromatic ring is 1. The Balaban J connectivity index is 2.54. The van der Waals surface area contributed by atoms with Gasteiger partial charge in [0.25, 0.3) is 0 Å². The number of aromatic nitrogens is 4. The molecular formula is C12H15N5O2S. The highest BCUT2D eigenvalue weighted by Crippen LogP contribution is 2.27. The van der Waals surface area contributed by atoms with E-state index in [1.54, 1.807) is 13.0 Å². The van der Waals surface area contributed by atoms with Gasteiger partial charge in [-0.05, 0) is 20.1 Å². The summed E-state index contributed by atoms with van der Waals surface area (Å²) in [6.45, 7) is 3.86. The molecule has 20 heavy (non-hydrogen) atoms. The van der Waals surface area contributed by atoms with Crippen LogP contribution in [0.4, 0.5) is 5.82 Å². The molecule has 0 aliphatic carbocycles. The van der Waals surface area contributed by atoms with E-state index in [2.05, 4.69) is 15.1 Å². The van der Waals surface area contributed by atoms with Gasteiger partial charge < -0.3 is 10.5 Å². The SMILES string of the molecule is CCOC(=O)c1c(SC)nn(-c2cc(C)ncn2)c1N. The van der Waals surface area contributed by atoms with Crippen LogP contribution in [0.15, 0.2) is 17.4 Å². The molecule has 2 aromatic heterocycles. The largest absolute Gasteiger partial charge is 0.462 e. The van der Waals surface area contributed by atoms with E-state index in [9.17, 15) is 4.79 Å². The normalized spacial score (nSPS) is 10.6. The second-order valence-electron chi connectivity index (χ2n) is 3.92. The van der Waals surface area contributed by atoms with Crippen molar-refractivity contribution in [3.05, 3.63) is 23.7 Å². The third-order valence-electron chi connectivity index (χ3n) is 2.57. The van der Waals surface area contributed by atoms with E-state index >= 15 is 0 Å². The zero-order valence-electron chi connectivity index (χ0n) is 11.5. The number of nitrogens with zero attached hydrogens (tertiary/aromatic N) is 4. The minimum absolute atomic E-state index is 0.214. The lowest BCUT2D eigenvalue weighted by molar-refractivity contribution is 0.0523. The summed E-state index contributed by atoms with van der Waals surface area (Å²) in [5.41, 5.74) is 7.08. The summed E-state index contributed by atoms with van der Waals surface area (Å²) in [5, 5.41) is 4.82. The van der Waals surface area contributed by atoms with Crippen molar-refractivity contribution >= 4 is 23.5 Å². The van der Waals surface area contributed by atoms with Crippen molar-refractivity contribution in [1.82, 2.24) is 19.7 Å². The Labute approximate surface area is 120 Å². The number of hydrogen-bond donors (Lipinski definition) is 1. The summed E-state index contributed by atoms with van der Waals surface area (Å²) >= 11 is 1.33. The predicted molar refractivity (Wildman–Crippen MR) is 76.0 cm³/mol. The average Bonchev–Trinajstić information content (AvgIpc) is 2.76. The van der Waals surface area contributed by atoms with Crippen LogP contribution in [0.25, 0.3) is 5.82 Å². The lowest BCUT2D eigenvalue weighted by Gasteiger charge is -2.04. The first-order chi connectivity index (χ1) is 9.58. The average molecular weight is 293 g/mol. The number of carbonyl (C=O) groups excluding carboxylic acids is 1. The highest BCUT2D eigenvalue weighted by atomic mass is 32.2. The smallest absolute Gasteiger partial charge is 0.344 e. The Morgan fingerprint density at radius 3 is 2.85 bits per heavy atom. The molecule has 0 spiro atoms. The van der Waals surface area contributed by atoms with Gasteiger partial charge in [-0.2, -0.15) is 9.78 Å². The summed E-state index contributed by atoms with van der Waals surface area (Å²) in [7, 11) is 0. The van der Waals surface area contributed by atoms with E-state index in [1.165, 1.54) is 22.8 Å². The molecule has 0 aliphatic heterocycles. The number of anilines is 1. The van der Waals surface area contributed by atoms with Crippen molar-refractivity contribution < 1.29 is 9.53 Å². The number of hydrogen-bond acceptors (Lipinski definition) is 7. The van der Waals surface area contributed by atoms with Crippen LogP contribution in [0.2, 0.25) is 0 Å². The highest BCUT2D eigenvalue weighted by molar-refractivity contribution is 7.98. The molecule has 106 valence electrons. The topological polar surface area (TPSA) is 95.9 Å². The fourth-order valence-electron chi connectivity index (χ4n) is 1.68. The fraction of sp³-hybridized carbons (Fsp3) is 0.333. The van der Waals surface area contributed by atoms with Gasteiger partial charge in [-0.25, -0.2) is 14.8 Å². The number of esters is 1. The molecule has 0 saturated carbocycles. The van der Waals surface area contributed by atoms with E-state index in [-0.39, 0.29) is 18.0 Å². The molecule has 7 nitrogen and oxygen atoms in total. The van der Waals surface area contributed by atoms with Gasteiger partial charge in [0.2, 0.25) is 0 Å². The summed E-state index contributed by atoms with van der Waals surface area (Å²) in [6.07, 6.45) is 3.24. The maximum atomic E-state index is 12.0. The molecule has 2 aromatic rings. The second kappa shape index (κ2) is 5.91. The third-order valence-corrected chi connectivity index (χ3v) is 3.24.